The van der Waals surface area contributed by atoms with Crippen molar-refractivity contribution in [1.29, 1.82) is 0 Å². The molecule has 0 unspecified atom stereocenters. The van der Waals surface area contributed by atoms with Crippen molar-refractivity contribution in [3.8, 4) is 66.8 Å². The predicted octanol–water partition coefficient (Wildman–Crippen LogP) is 13.0. The van der Waals surface area contributed by atoms with Gasteiger partial charge in [-0.05, 0) is 119 Å². The van der Waals surface area contributed by atoms with Gasteiger partial charge in [-0.3, -0.25) is 0 Å². The lowest BCUT2D eigenvalue weighted by molar-refractivity contribution is 0.660. The highest BCUT2D eigenvalue weighted by molar-refractivity contribution is 5.89. The molecule has 0 N–H and O–H groups in total. The van der Waals surface area contributed by atoms with Crippen LogP contribution in [0.4, 0.5) is 0 Å². The fraction of sp³-hybridized carbons (Fsp3) is 0.125. The van der Waals surface area contributed by atoms with Crippen LogP contribution in [0.15, 0.2) is 158 Å². The summed E-state index contributed by atoms with van der Waals surface area (Å²) in [6.45, 7) is 9.54. The third kappa shape index (κ3) is 4.36. The molecule has 0 radical (unpaired) electrons. The van der Waals surface area contributed by atoms with Gasteiger partial charge in [-0.15, -0.1) is 0 Å². The van der Waals surface area contributed by atoms with Crippen LogP contribution in [-0.4, -0.2) is 0 Å². The predicted molar refractivity (Wildman–Crippen MR) is 203 cm³/mol. The Morgan fingerprint density at radius 1 is 0.250 bits per heavy atom. The van der Waals surface area contributed by atoms with Gasteiger partial charge in [-0.25, -0.2) is 0 Å². The SMILES string of the molecule is CC1(C)c2cc(-c3ccccc3)ccc2-c2ccc(-c3ccc4c(c3)C(C)(C)c3cc(-c5cccc(-c6ccccc6)c5)ccc3-4)cc21. The fourth-order valence-corrected chi connectivity index (χ4v) is 8.33. The van der Waals surface area contributed by atoms with Gasteiger partial charge in [0, 0.05) is 10.8 Å². The lowest BCUT2D eigenvalue weighted by Crippen LogP contribution is -2.15. The van der Waals surface area contributed by atoms with E-state index in [1.165, 1.54) is 89.0 Å². The number of rotatable bonds is 4. The molecule has 0 heteroatoms. The summed E-state index contributed by atoms with van der Waals surface area (Å²) in [6, 6.07) is 58.6. The van der Waals surface area contributed by atoms with Gasteiger partial charge in [-0.1, -0.05) is 155 Å². The molecule has 2 aliphatic carbocycles. The van der Waals surface area contributed by atoms with Crippen LogP contribution in [0.3, 0.4) is 0 Å². The quantitative estimate of drug-likeness (QED) is 0.185. The van der Waals surface area contributed by atoms with Gasteiger partial charge in [0.25, 0.3) is 0 Å². The number of hydrogen-bond donors (Lipinski definition) is 0. The molecule has 7 aromatic carbocycles. The van der Waals surface area contributed by atoms with Crippen LogP contribution in [0.2, 0.25) is 0 Å². The Morgan fingerprint density at radius 3 is 0.875 bits per heavy atom. The van der Waals surface area contributed by atoms with Crippen molar-refractivity contribution in [1.82, 2.24) is 0 Å². The highest BCUT2D eigenvalue weighted by Crippen LogP contribution is 2.53. The van der Waals surface area contributed by atoms with Gasteiger partial charge in [0.15, 0.2) is 0 Å². The largest absolute Gasteiger partial charge is 0.0622 e. The lowest BCUT2D eigenvalue weighted by atomic mass is 9.79. The summed E-state index contributed by atoms with van der Waals surface area (Å²) in [5, 5.41) is 0. The highest BCUT2D eigenvalue weighted by Gasteiger charge is 2.38. The van der Waals surface area contributed by atoms with Crippen molar-refractivity contribution >= 4 is 0 Å². The summed E-state index contributed by atoms with van der Waals surface area (Å²) < 4.78 is 0. The van der Waals surface area contributed by atoms with Crippen LogP contribution in [0, 0.1) is 0 Å². The van der Waals surface area contributed by atoms with Crippen molar-refractivity contribution in [2.75, 3.05) is 0 Å². The third-order valence-corrected chi connectivity index (χ3v) is 11.1. The molecule has 0 aromatic heterocycles. The standard InChI is InChI=1S/C48H38/c1-47(2)43-27-35(32-14-9-6-10-15-32)18-22-39(43)41-24-20-37(29-45(41)47)38-21-25-42-40-23-19-36(28-44(40)48(3,4)46(42)30-38)34-17-11-16-33(26-34)31-12-7-5-8-13-31/h5-30H,1-4H3. The van der Waals surface area contributed by atoms with Crippen LogP contribution >= 0.6 is 0 Å². The molecule has 7 aromatic rings. The van der Waals surface area contributed by atoms with E-state index < -0.39 is 0 Å². The molecule has 0 nitrogen and oxygen atoms in total. The van der Waals surface area contributed by atoms with E-state index in [4.69, 9.17) is 0 Å². The van der Waals surface area contributed by atoms with E-state index in [9.17, 15) is 0 Å². The highest BCUT2D eigenvalue weighted by atomic mass is 14.4. The van der Waals surface area contributed by atoms with Crippen molar-refractivity contribution in [3.05, 3.63) is 180 Å². The average molecular weight is 615 g/mol. The summed E-state index contributed by atoms with van der Waals surface area (Å²) in [4.78, 5) is 0. The summed E-state index contributed by atoms with van der Waals surface area (Å²) in [7, 11) is 0. The number of benzene rings is 7. The van der Waals surface area contributed by atoms with E-state index in [1.54, 1.807) is 0 Å². The molecule has 0 saturated carbocycles. The van der Waals surface area contributed by atoms with Crippen LogP contribution in [0.25, 0.3) is 66.8 Å². The maximum absolute atomic E-state index is 2.45. The van der Waals surface area contributed by atoms with Gasteiger partial charge >= 0.3 is 0 Å². The summed E-state index contributed by atoms with van der Waals surface area (Å²) in [6.07, 6.45) is 0. The Bertz CT molecular complexity index is 2370. The molecule has 9 rings (SSSR count). The Kier molecular flexibility index (Phi) is 6.30. The normalized spacial score (nSPS) is 14.6. The Morgan fingerprint density at radius 2 is 0.521 bits per heavy atom. The molecule has 0 heterocycles. The average Bonchev–Trinajstić information content (AvgIpc) is 3.50. The Hall–Kier alpha value is -5.46. The zero-order valence-electron chi connectivity index (χ0n) is 28.0. The Balaban J connectivity index is 1.06. The van der Waals surface area contributed by atoms with Crippen molar-refractivity contribution in [2.45, 2.75) is 38.5 Å². The van der Waals surface area contributed by atoms with Gasteiger partial charge in [0.1, 0.15) is 0 Å². The summed E-state index contributed by atoms with van der Waals surface area (Å²) in [5.41, 5.74) is 21.0. The van der Waals surface area contributed by atoms with Crippen LogP contribution in [0.5, 0.6) is 0 Å². The monoisotopic (exact) mass is 614 g/mol. The van der Waals surface area contributed by atoms with E-state index >= 15 is 0 Å². The zero-order chi connectivity index (χ0) is 32.6. The Labute approximate surface area is 284 Å². The minimum Gasteiger partial charge on any atom is -0.0622 e. The third-order valence-electron chi connectivity index (χ3n) is 11.1. The first-order chi connectivity index (χ1) is 23.3. The molecule has 48 heavy (non-hydrogen) atoms. The second kappa shape index (κ2) is 10.5. The molecule has 2 aliphatic rings. The minimum atomic E-state index is -0.103. The molecule has 0 aliphatic heterocycles. The maximum Gasteiger partial charge on any atom is 0.0159 e. The van der Waals surface area contributed by atoms with Gasteiger partial charge in [0.2, 0.25) is 0 Å². The molecule has 0 amide bonds. The first-order valence-electron chi connectivity index (χ1n) is 17.1. The molecule has 0 spiro atoms. The first kappa shape index (κ1) is 28.7. The van der Waals surface area contributed by atoms with Crippen LogP contribution < -0.4 is 0 Å². The topological polar surface area (TPSA) is 0 Å². The lowest BCUT2D eigenvalue weighted by Gasteiger charge is -2.24. The zero-order valence-corrected chi connectivity index (χ0v) is 28.0. The fourth-order valence-electron chi connectivity index (χ4n) is 8.33. The van der Waals surface area contributed by atoms with Crippen molar-refractivity contribution < 1.29 is 0 Å². The second-order valence-electron chi connectivity index (χ2n) is 14.6. The van der Waals surface area contributed by atoms with E-state index in [0.717, 1.165) is 0 Å². The molecular weight excluding hydrogens is 577 g/mol. The molecular formula is C48H38. The second-order valence-corrected chi connectivity index (χ2v) is 14.6. The first-order valence-corrected chi connectivity index (χ1v) is 17.1. The van der Waals surface area contributed by atoms with E-state index in [0.29, 0.717) is 0 Å². The van der Waals surface area contributed by atoms with E-state index in [1.807, 2.05) is 0 Å². The molecule has 0 atom stereocenters. The van der Waals surface area contributed by atoms with Gasteiger partial charge in [0.05, 0.1) is 0 Å². The van der Waals surface area contributed by atoms with Gasteiger partial charge < -0.3 is 0 Å². The molecule has 0 bridgehead atoms. The van der Waals surface area contributed by atoms with Crippen molar-refractivity contribution in [3.63, 3.8) is 0 Å². The summed E-state index contributed by atoms with van der Waals surface area (Å²) >= 11 is 0. The van der Waals surface area contributed by atoms with Crippen LogP contribution in [0.1, 0.15) is 49.9 Å². The van der Waals surface area contributed by atoms with E-state index in [2.05, 4.69) is 185 Å². The molecule has 0 saturated heterocycles. The minimum absolute atomic E-state index is 0.0775. The smallest absolute Gasteiger partial charge is 0.0159 e. The van der Waals surface area contributed by atoms with Gasteiger partial charge in [-0.2, -0.15) is 0 Å². The van der Waals surface area contributed by atoms with Crippen molar-refractivity contribution in [2.24, 2.45) is 0 Å². The number of hydrogen-bond acceptors (Lipinski definition) is 0. The van der Waals surface area contributed by atoms with Crippen LogP contribution in [-0.2, 0) is 10.8 Å². The molecule has 230 valence electrons. The number of fused-ring (bicyclic) bond motifs is 6. The maximum atomic E-state index is 2.45. The van der Waals surface area contributed by atoms with E-state index in [-0.39, 0.29) is 10.8 Å². The summed E-state index contributed by atoms with van der Waals surface area (Å²) in [5.74, 6) is 0. The molecule has 0 fully saturated rings.